The number of rotatable bonds is 5. The quantitative estimate of drug-likeness (QED) is 0.644. The minimum absolute atomic E-state index is 0.151. The molecular formula is C16H23NO4S. The first-order chi connectivity index (χ1) is 10.5. The van der Waals surface area contributed by atoms with Gasteiger partial charge < -0.3 is 0 Å². The lowest BCUT2D eigenvalue weighted by Crippen LogP contribution is -2.52. The summed E-state index contributed by atoms with van der Waals surface area (Å²) < 4.78 is 24.5. The van der Waals surface area contributed by atoms with Gasteiger partial charge in [0.2, 0.25) is 0 Å². The Morgan fingerprint density at radius 3 is 2.27 bits per heavy atom. The van der Waals surface area contributed by atoms with Crippen LogP contribution in [0.2, 0.25) is 0 Å². The van der Waals surface area contributed by atoms with E-state index in [0.29, 0.717) is 12.8 Å². The lowest BCUT2D eigenvalue weighted by molar-refractivity contribution is -0.132. The highest BCUT2D eigenvalue weighted by Gasteiger charge is 2.51. The number of sulfone groups is 1. The molecule has 2 N–H and O–H groups in total. The average Bonchev–Trinajstić information content (AvgIpc) is 2.55. The van der Waals surface area contributed by atoms with Crippen molar-refractivity contribution in [3.05, 3.63) is 29.8 Å². The summed E-state index contributed by atoms with van der Waals surface area (Å²) in [5.74, 6) is -0.815. The molecule has 0 saturated heterocycles. The second kappa shape index (κ2) is 6.79. The van der Waals surface area contributed by atoms with Crippen molar-refractivity contribution in [2.24, 2.45) is 0 Å². The maximum Gasteiger partial charge on any atom is 0.265 e. The lowest BCUT2D eigenvalue weighted by atomic mass is 9.88. The Hall–Kier alpha value is -1.40. The largest absolute Gasteiger partial charge is 0.289 e. The highest BCUT2D eigenvalue weighted by Crippen LogP contribution is 2.39. The van der Waals surface area contributed by atoms with Crippen molar-refractivity contribution in [2.45, 2.75) is 61.5 Å². The van der Waals surface area contributed by atoms with Crippen LogP contribution in [0.5, 0.6) is 0 Å². The van der Waals surface area contributed by atoms with Gasteiger partial charge in [-0.05, 0) is 37.0 Å². The summed E-state index contributed by atoms with van der Waals surface area (Å²) in [6.07, 6.45) is 4.62. The van der Waals surface area contributed by atoms with Crippen LogP contribution >= 0.6 is 0 Å². The van der Waals surface area contributed by atoms with Crippen LogP contribution in [0.4, 0.5) is 0 Å². The first-order valence-electron chi connectivity index (χ1n) is 7.76. The Kier molecular flexibility index (Phi) is 5.24. The maximum absolute atomic E-state index is 13.0. The summed E-state index contributed by atoms with van der Waals surface area (Å²) in [6.45, 7) is 2.06. The molecule has 0 bridgehead atoms. The van der Waals surface area contributed by atoms with E-state index in [1.807, 2.05) is 0 Å². The van der Waals surface area contributed by atoms with Gasteiger partial charge in [-0.2, -0.15) is 0 Å². The van der Waals surface area contributed by atoms with E-state index in [2.05, 4.69) is 6.92 Å². The predicted octanol–water partition coefficient (Wildman–Crippen LogP) is 2.62. The van der Waals surface area contributed by atoms with E-state index in [1.165, 1.54) is 0 Å². The molecule has 1 fully saturated rings. The number of nitrogens with one attached hydrogen (secondary N) is 1. The van der Waals surface area contributed by atoms with Crippen LogP contribution < -0.4 is 5.48 Å². The highest BCUT2D eigenvalue weighted by molar-refractivity contribution is 7.93. The van der Waals surface area contributed by atoms with Crippen LogP contribution in [0.15, 0.2) is 29.2 Å². The Morgan fingerprint density at radius 1 is 1.18 bits per heavy atom. The molecule has 1 amide bonds. The van der Waals surface area contributed by atoms with E-state index in [4.69, 9.17) is 5.21 Å². The minimum atomic E-state index is -3.84. The van der Waals surface area contributed by atoms with Gasteiger partial charge in [0.25, 0.3) is 5.91 Å². The topological polar surface area (TPSA) is 83.5 Å². The second-order valence-corrected chi connectivity index (χ2v) is 8.15. The normalized spacial score (nSPS) is 17.9. The Labute approximate surface area is 131 Å². The van der Waals surface area contributed by atoms with Gasteiger partial charge in [0, 0.05) is 0 Å². The van der Waals surface area contributed by atoms with Crippen molar-refractivity contribution in [3.8, 4) is 0 Å². The molecule has 0 aromatic heterocycles. The smallest absolute Gasteiger partial charge is 0.265 e. The van der Waals surface area contributed by atoms with Crippen molar-refractivity contribution >= 4 is 15.7 Å². The van der Waals surface area contributed by atoms with Gasteiger partial charge in [-0.25, -0.2) is 13.9 Å². The van der Waals surface area contributed by atoms with E-state index in [0.717, 1.165) is 24.8 Å². The predicted molar refractivity (Wildman–Crippen MR) is 83.4 cm³/mol. The molecule has 0 spiro atoms. The number of amides is 1. The van der Waals surface area contributed by atoms with Gasteiger partial charge in [0.05, 0.1) is 4.90 Å². The minimum Gasteiger partial charge on any atom is -0.289 e. The number of hydroxylamine groups is 1. The molecular weight excluding hydrogens is 302 g/mol. The van der Waals surface area contributed by atoms with E-state index < -0.39 is 20.5 Å². The van der Waals surface area contributed by atoms with Crippen molar-refractivity contribution in [1.29, 1.82) is 0 Å². The van der Waals surface area contributed by atoms with Crippen molar-refractivity contribution in [1.82, 2.24) is 5.48 Å². The van der Waals surface area contributed by atoms with Gasteiger partial charge in [0.15, 0.2) is 14.6 Å². The number of hydrogen-bond acceptors (Lipinski definition) is 4. The van der Waals surface area contributed by atoms with Crippen LogP contribution in [0.25, 0.3) is 0 Å². The molecule has 6 heteroatoms. The second-order valence-electron chi connectivity index (χ2n) is 5.89. The fourth-order valence-electron chi connectivity index (χ4n) is 3.19. The molecule has 22 heavy (non-hydrogen) atoms. The molecule has 0 radical (unpaired) electrons. The number of aryl methyl sites for hydroxylation is 1. The highest BCUT2D eigenvalue weighted by atomic mass is 32.2. The molecule has 1 aromatic rings. The third kappa shape index (κ3) is 2.90. The summed E-state index contributed by atoms with van der Waals surface area (Å²) in [5.41, 5.74) is 2.64. The molecule has 1 saturated carbocycles. The summed E-state index contributed by atoms with van der Waals surface area (Å²) in [7, 11) is -3.84. The first kappa shape index (κ1) is 17.0. The van der Waals surface area contributed by atoms with Crippen molar-refractivity contribution < 1.29 is 18.4 Å². The molecule has 0 heterocycles. The van der Waals surface area contributed by atoms with E-state index in [-0.39, 0.29) is 17.7 Å². The Bertz CT molecular complexity index is 616. The lowest BCUT2D eigenvalue weighted by Gasteiger charge is -2.34. The molecule has 1 aliphatic rings. The van der Waals surface area contributed by atoms with Crippen molar-refractivity contribution in [2.75, 3.05) is 0 Å². The Balaban J connectivity index is 2.42. The summed E-state index contributed by atoms with van der Waals surface area (Å²) in [4.78, 5) is 12.3. The SMILES string of the molecule is CCCc1ccc(S(=O)(=O)C2(C(=O)NO)CCCCC2)cc1. The van der Waals surface area contributed by atoms with Gasteiger partial charge in [0.1, 0.15) is 0 Å². The molecule has 0 atom stereocenters. The number of carbonyl (C=O) groups excluding carboxylic acids is 1. The zero-order chi connectivity index (χ0) is 16.2. The molecule has 2 rings (SSSR count). The molecule has 0 aliphatic heterocycles. The van der Waals surface area contributed by atoms with Gasteiger partial charge in [-0.15, -0.1) is 0 Å². The average molecular weight is 325 g/mol. The van der Waals surface area contributed by atoms with Crippen LogP contribution in [-0.4, -0.2) is 24.3 Å². The number of benzene rings is 1. The van der Waals surface area contributed by atoms with Crippen LogP contribution in [-0.2, 0) is 21.1 Å². The number of hydrogen-bond donors (Lipinski definition) is 2. The molecule has 0 unspecified atom stereocenters. The molecule has 122 valence electrons. The zero-order valence-corrected chi connectivity index (χ0v) is 13.7. The van der Waals surface area contributed by atoms with Gasteiger partial charge in [-0.1, -0.05) is 44.7 Å². The third-order valence-corrected chi connectivity index (χ3v) is 6.98. The van der Waals surface area contributed by atoms with E-state index >= 15 is 0 Å². The number of carbonyl (C=O) groups is 1. The first-order valence-corrected chi connectivity index (χ1v) is 9.24. The van der Waals surface area contributed by atoms with Crippen LogP contribution in [0.3, 0.4) is 0 Å². The fraction of sp³-hybridized carbons (Fsp3) is 0.562. The zero-order valence-electron chi connectivity index (χ0n) is 12.8. The maximum atomic E-state index is 13.0. The molecule has 1 aliphatic carbocycles. The third-order valence-electron chi connectivity index (χ3n) is 4.46. The molecule has 5 nitrogen and oxygen atoms in total. The Morgan fingerprint density at radius 2 is 1.77 bits per heavy atom. The van der Waals surface area contributed by atoms with E-state index in [1.54, 1.807) is 29.7 Å². The molecule has 1 aromatic carbocycles. The fourth-order valence-corrected chi connectivity index (χ4v) is 5.25. The van der Waals surface area contributed by atoms with Crippen molar-refractivity contribution in [3.63, 3.8) is 0 Å². The standard InChI is InChI=1S/C16H23NO4S/c1-2-6-13-7-9-14(10-8-13)22(20,21)16(15(18)17-19)11-4-3-5-12-16/h7-10,19H,2-6,11-12H2,1H3,(H,17,18). The summed E-state index contributed by atoms with van der Waals surface area (Å²) >= 11 is 0. The van der Waals surface area contributed by atoms with Crippen LogP contribution in [0.1, 0.15) is 51.0 Å². The van der Waals surface area contributed by atoms with E-state index in [9.17, 15) is 13.2 Å². The summed E-state index contributed by atoms with van der Waals surface area (Å²) in [6, 6.07) is 6.73. The van der Waals surface area contributed by atoms with Gasteiger partial charge in [-0.3, -0.25) is 10.0 Å². The van der Waals surface area contributed by atoms with Crippen LogP contribution in [0, 0.1) is 0 Å². The summed E-state index contributed by atoms with van der Waals surface area (Å²) in [5, 5.41) is 9.01. The monoisotopic (exact) mass is 325 g/mol. The van der Waals surface area contributed by atoms with Gasteiger partial charge >= 0.3 is 0 Å².